The number of halogens is 1. The third kappa shape index (κ3) is 6.66. The first-order valence-corrected chi connectivity index (χ1v) is 6.94. The highest BCUT2D eigenvalue weighted by molar-refractivity contribution is 5.19. The summed E-state index contributed by atoms with van der Waals surface area (Å²) >= 11 is 0. The van der Waals surface area contributed by atoms with Crippen molar-refractivity contribution in [3.05, 3.63) is 35.6 Å². The summed E-state index contributed by atoms with van der Waals surface area (Å²) in [6, 6.07) is 6.39. The van der Waals surface area contributed by atoms with Gasteiger partial charge in [0.25, 0.3) is 0 Å². The Hall–Kier alpha value is -0.970. The summed E-state index contributed by atoms with van der Waals surface area (Å²) in [5.41, 5.74) is 6.92. The predicted molar refractivity (Wildman–Crippen MR) is 76.4 cm³/mol. The topological polar surface area (TPSA) is 49.5 Å². The first kappa shape index (κ1) is 16.1. The summed E-state index contributed by atoms with van der Waals surface area (Å²) in [5, 5.41) is 8.70. The maximum atomic E-state index is 13.1. The fourth-order valence-electron chi connectivity index (χ4n) is 2.05. The molecular formula is C15H25FN2O. The fraction of sp³-hybridized carbons (Fsp3) is 0.600. The summed E-state index contributed by atoms with van der Waals surface area (Å²) < 4.78 is 13.1. The minimum absolute atomic E-state index is 0.115. The average molecular weight is 268 g/mol. The van der Waals surface area contributed by atoms with E-state index in [1.54, 1.807) is 6.07 Å². The van der Waals surface area contributed by atoms with Gasteiger partial charge in [0.15, 0.2) is 0 Å². The number of hydrogen-bond acceptors (Lipinski definition) is 3. The Bertz CT molecular complexity index is 360. The van der Waals surface area contributed by atoms with Crippen LogP contribution in [0.25, 0.3) is 0 Å². The molecule has 1 rings (SSSR count). The molecule has 0 amide bonds. The molecule has 0 aliphatic heterocycles. The number of benzene rings is 1. The van der Waals surface area contributed by atoms with Crippen molar-refractivity contribution >= 4 is 0 Å². The van der Waals surface area contributed by atoms with Gasteiger partial charge < -0.3 is 15.7 Å². The van der Waals surface area contributed by atoms with Gasteiger partial charge >= 0.3 is 0 Å². The maximum absolute atomic E-state index is 13.1. The van der Waals surface area contributed by atoms with Crippen LogP contribution in [0.4, 0.5) is 4.39 Å². The van der Waals surface area contributed by atoms with E-state index in [-0.39, 0.29) is 18.5 Å². The lowest BCUT2D eigenvalue weighted by Gasteiger charge is -2.19. The lowest BCUT2D eigenvalue weighted by Crippen LogP contribution is -2.24. The van der Waals surface area contributed by atoms with Crippen LogP contribution in [0, 0.1) is 5.82 Å². The summed E-state index contributed by atoms with van der Waals surface area (Å²) in [6.07, 6.45) is 3.83. The van der Waals surface area contributed by atoms with E-state index in [9.17, 15) is 4.39 Å². The van der Waals surface area contributed by atoms with E-state index in [0.29, 0.717) is 0 Å². The van der Waals surface area contributed by atoms with Gasteiger partial charge in [-0.3, -0.25) is 0 Å². The van der Waals surface area contributed by atoms with Crippen LogP contribution in [-0.4, -0.2) is 36.8 Å². The molecule has 1 unspecified atom stereocenters. The van der Waals surface area contributed by atoms with Gasteiger partial charge in [-0.05, 0) is 63.5 Å². The highest BCUT2D eigenvalue weighted by Gasteiger charge is 2.08. The number of hydrogen-bond donors (Lipinski definition) is 2. The molecule has 19 heavy (non-hydrogen) atoms. The minimum Gasteiger partial charge on any atom is -0.396 e. The summed E-state index contributed by atoms with van der Waals surface area (Å²) in [6.45, 7) is 2.18. The van der Waals surface area contributed by atoms with Crippen molar-refractivity contribution in [2.75, 3.05) is 26.7 Å². The van der Waals surface area contributed by atoms with Gasteiger partial charge in [-0.25, -0.2) is 4.39 Å². The Balaban J connectivity index is 2.24. The molecule has 0 heterocycles. The molecule has 0 bridgehead atoms. The lowest BCUT2D eigenvalue weighted by atomic mass is 10.0. The average Bonchev–Trinajstić information content (AvgIpc) is 2.41. The van der Waals surface area contributed by atoms with E-state index in [1.807, 2.05) is 6.07 Å². The molecule has 0 saturated heterocycles. The van der Waals surface area contributed by atoms with Crippen molar-refractivity contribution in [1.29, 1.82) is 0 Å². The summed E-state index contributed by atoms with van der Waals surface area (Å²) in [5.74, 6) is -0.231. The van der Waals surface area contributed by atoms with Gasteiger partial charge in [-0.2, -0.15) is 0 Å². The zero-order valence-electron chi connectivity index (χ0n) is 11.7. The van der Waals surface area contributed by atoms with Crippen LogP contribution in [0.2, 0.25) is 0 Å². The van der Waals surface area contributed by atoms with Gasteiger partial charge in [0.05, 0.1) is 0 Å². The quantitative estimate of drug-likeness (QED) is 0.676. The SMILES string of the molecule is CN(CCCCCO)CCC(N)c1cccc(F)c1. The van der Waals surface area contributed by atoms with E-state index in [4.69, 9.17) is 10.8 Å². The molecule has 1 aromatic carbocycles. The van der Waals surface area contributed by atoms with Crippen LogP contribution in [0.1, 0.15) is 37.3 Å². The predicted octanol–water partition coefficient (Wildman–Crippen LogP) is 2.31. The molecule has 0 spiro atoms. The monoisotopic (exact) mass is 268 g/mol. The molecule has 1 atom stereocenters. The van der Waals surface area contributed by atoms with Crippen LogP contribution in [0.3, 0.4) is 0 Å². The second-order valence-corrected chi connectivity index (χ2v) is 5.04. The zero-order valence-corrected chi connectivity index (χ0v) is 11.7. The molecule has 0 fully saturated rings. The molecule has 0 aliphatic carbocycles. The fourth-order valence-corrected chi connectivity index (χ4v) is 2.05. The summed E-state index contributed by atoms with van der Waals surface area (Å²) in [7, 11) is 2.07. The standard InChI is InChI=1S/C15H25FN2O/c1-18(9-3-2-4-11-19)10-8-15(17)13-6-5-7-14(16)12-13/h5-7,12,15,19H,2-4,8-11,17H2,1H3. The lowest BCUT2D eigenvalue weighted by molar-refractivity contribution is 0.270. The largest absolute Gasteiger partial charge is 0.396 e. The molecule has 0 radical (unpaired) electrons. The van der Waals surface area contributed by atoms with E-state index in [2.05, 4.69) is 11.9 Å². The molecule has 0 saturated carbocycles. The van der Waals surface area contributed by atoms with E-state index < -0.39 is 0 Å². The van der Waals surface area contributed by atoms with Crippen LogP contribution in [-0.2, 0) is 0 Å². The van der Waals surface area contributed by atoms with Crippen molar-refractivity contribution in [3.8, 4) is 0 Å². The van der Waals surface area contributed by atoms with Gasteiger partial charge in [-0.15, -0.1) is 0 Å². The molecule has 3 nitrogen and oxygen atoms in total. The molecule has 4 heteroatoms. The minimum atomic E-state index is -0.231. The number of unbranched alkanes of at least 4 members (excludes halogenated alkanes) is 2. The van der Waals surface area contributed by atoms with Gasteiger partial charge in [0, 0.05) is 12.6 Å². The number of rotatable bonds is 9. The first-order valence-electron chi connectivity index (χ1n) is 6.94. The number of aliphatic hydroxyl groups is 1. The molecule has 0 aliphatic rings. The molecule has 0 aromatic heterocycles. The third-order valence-electron chi connectivity index (χ3n) is 3.30. The first-order chi connectivity index (χ1) is 9.13. The third-order valence-corrected chi connectivity index (χ3v) is 3.30. The number of nitrogens with two attached hydrogens (primary N) is 1. The Labute approximate surface area is 115 Å². The Kier molecular flexibility index (Phi) is 7.63. The molecular weight excluding hydrogens is 243 g/mol. The van der Waals surface area contributed by atoms with Gasteiger partial charge in [-0.1, -0.05) is 12.1 Å². The van der Waals surface area contributed by atoms with Crippen molar-refractivity contribution in [3.63, 3.8) is 0 Å². The smallest absolute Gasteiger partial charge is 0.123 e. The van der Waals surface area contributed by atoms with Gasteiger partial charge in [0.1, 0.15) is 5.82 Å². The number of nitrogens with zero attached hydrogens (tertiary/aromatic N) is 1. The van der Waals surface area contributed by atoms with Crippen LogP contribution < -0.4 is 5.73 Å². The normalized spacial score (nSPS) is 12.9. The zero-order chi connectivity index (χ0) is 14.1. The Morgan fingerprint density at radius 3 is 2.74 bits per heavy atom. The summed E-state index contributed by atoms with van der Waals surface area (Å²) in [4.78, 5) is 2.23. The highest BCUT2D eigenvalue weighted by atomic mass is 19.1. The van der Waals surface area contributed by atoms with Crippen LogP contribution >= 0.6 is 0 Å². The van der Waals surface area contributed by atoms with Crippen LogP contribution in [0.15, 0.2) is 24.3 Å². The van der Waals surface area contributed by atoms with Crippen molar-refractivity contribution < 1.29 is 9.50 Å². The molecule has 1 aromatic rings. The molecule has 3 N–H and O–H groups in total. The second-order valence-electron chi connectivity index (χ2n) is 5.04. The Morgan fingerprint density at radius 2 is 2.05 bits per heavy atom. The molecule has 108 valence electrons. The van der Waals surface area contributed by atoms with Crippen LogP contribution in [0.5, 0.6) is 0 Å². The highest BCUT2D eigenvalue weighted by Crippen LogP contribution is 2.15. The Morgan fingerprint density at radius 1 is 1.26 bits per heavy atom. The maximum Gasteiger partial charge on any atom is 0.123 e. The second kappa shape index (κ2) is 9.02. The van der Waals surface area contributed by atoms with Crippen molar-refractivity contribution in [2.45, 2.75) is 31.7 Å². The van der Waals surface area contributed by atoms with E-state index in [1.165, 1.54) is 12.1 Å². The van der Waals surface area contributed by atoms with Crippen molar-refractivity contribution in [2.24, 2.45) is 5.73 Å². The number of aliphatic hydroxyl groups excluding tert-OH is 1. The van der Waals surface area contributed by atoms with Crippen molar-refractivity contribution in [1.82, 2.24) is 4.90 Å². The van der Waals surface area contributed by atoms with Gasteiger partial charge in [0.2, 0.25) is 0 Å². The van der Waals surface area contributed by atoms with E-state index in [0.717, 1.165) is 44.3 Å². The van der Waals surface area contributed by atoms with E-state index >= 15 is 0 Å².